The van der Waals surface area contributed by atoms with Crippen molar-refractivity contribution < 1.29 is 55.0 Å². The number of piperidine rings is 1. The molecule has 254 valence electrons. The van der Waals surface area contributed by atoms with E-state index in [9.17, 15) is 50.2 Å². The van der Waals surface area contributed by atoms with Crippen LogP contribution in [0.3, 0.4) is 0 Å². The highest BCUT2D eigenvalue weighted by Crippen LogP contribution is 2.41. The molecule has 1 atom stereocenters. The predicted octanol–water partition coefficient (Wildman–Crippen LogP) is 8.28. The topological polar surface area (TPSA) is 108 Å². The van der Waals surface area contributed by atoms with Gasteiger partial charge in [0.2, 0.25) is 0 Å². The van der Waals surface area contributed by atoms with Crippen LogP contribution in [0.25, 0.3) is 10.1 Å². The summed E-state index contributed by atoms with van der Waals surface area (Å²) in [7, 11) is 1.31. The molecule has 3 aromatic carbocycles. The van der Waals surface area contributed by atoms with Gasteiger partial charge in [0.15, 0.2) is 0 Å². The maximum absolute atomic E-state index is 13.8. The van der Waals surface area contributed by atoms with Crippen LogP contribution in [0.4, 0.5) is 47.8 Å². The lowest BCUT2D eigenvalue weighted by Crippen LogP contribution is -2.36. The number of aliphatic carboxylic acids is 1. The number of rotatable bonds is 8. The molecule has 0 bridgehead atoms. The lowest BCUT2D eigenvalue weighted by atomic mass is 9.94. The summed E-state index contributed by atoms with van der Waals surface area (Å²) in [6, 6.07) is 9.07. The highest BCUT2D eigenvalue weighted by molar-refractivity contribution is 7.21. The van der Waals surface area contributed by atoms with Gasteiger partial charge in [-0.05, 0) is 67.3 Å². The Hall–Kier alpha value is -4.86. The summed E-state index contributed by atoms with van der Waals surface area (Å²) in [5.74, 6) is -4.40. The Morgan fingerprint density at radius 1 is 0.958 bits per heavy atom. The average Bonchev–Trinajstić information content (AvgIpc) is 3.38. The van der Waals surface area contributed by atoms with Crippen LogP contribution in [0, 0.1) is 11.7 Å². The molecule has 1 aliphatic rings. The van der Waals surface area contributed by atoms with Gasteiger partial charge in [0, 0.05) is 41.0 Å². The number of nitrogens with one attached hydrogen (secondary N) is 2. The van der Waals surface area contributed by atoms with E-state index < -0.39 is 52.8 Å². The molecule has 1 aliphatic heterocycles. The molecular weight excluding hydrogens is 671 g/mol. The second-order valence-corrected chi connectivity index (χ2v) is 12.1. The molecule has 2 heterocycles. The van der Waals surface area contributed by atoms with E-state index >= 15 is 0 Å². The van der Waals surface area contributed by atoms with Crippen molar-refractivity contribution in [2.24, 2.45) is 5.92 Å². The Morgan fingerprint density at radius 3 is 2.38 bits per heavy atom. The fourth-order valence-electron chi connectivity index (χ4n) is 5.53. The first-order chi connectivity index (χ1) is 22.5. The van der Waals surface area contributed by atoms with Gasteiger partial charge >= 0.3 is 18.3 Å². The molecule has 1 aromatic heterocycles. The van der Waals surface area contributed by atoms with Crippen LogP contribution < -0.4 is 20.3 Å². The first-order valence-electron chi connectivity index (χ1n) is 14.3. The largest absolute Gasteiger partial charge is 0.496 e. The Bertz CT molecular complexity index is 1890. The van der Waals surface area contributed by atoms with Crippen LogP contribution in [0.5, 0.6) is 5.75 Å². The molecule has 3 N–H and O–H groups in total. The fraction of sp³-hybridized carbons (Fsp3) is 0.281. The zero-order chi connectivity index (χ0) is 35.0. The second kappa shape index (κ2) is 13.3. The molecule has 1 saturated heterocycles. The van der Waals surface area contributed by atoms with Gasteiger partial charge in [0.05, 0.1) is 29.5 Å². The fourth-order valence-corrected chi connectivity index (χ4v) is 6.62. The molecule has 5 rings (SSSR count). The Labute approximate surface area is 272 Å². The summed E-state index contributed by atoms with van der Waals surface area (Å²) in [5, 5.41) is 14.1. The first-order valence-corrected chi connectivity index (χ1v) is 15.1. The van der Waals surface area contributed by atoms with Gasteiger partial charge in [-0.25, -0.2) is 4.39 Å². The Morgan fingerprint density at radius 2 is 1.71 bits per heavy atom. The number of halogens is 7. The van der Waals surface area contributed by atoms with E-state index in [2.05, 4.69) is 10.6 Å². The van der Waals surface area contributed by atoms with Crippen LogP contribution in [-0.2, 0) is 17.1 Å². The van der Waals surface area contributed by atoms with Gasteiger partial charge in [-0.15, -0.1) is 11.3 Å². The van der Waals surface area contributed by atoms with Crippen LogP contribution in [0.1, 0.15) is 50.4 Å². The number of carboxylic acid groups (broad SMARTS) is 1. The SMILES string of the molecule is COc1ccc(N2CCCC(CC(=O)O)C2)cc1C(=O)Nc1c(C(=O)Nc2ccc(F)c(C(F)(F)F)c2)sc2cc(C(F)(F)F)ccc12. The van der Waals surface area contributed by atoms with Gasteiger partial charge in [0.25, 0.3) is 11.8 Å². The number of fused-ring (bicyclic) bond motifs is 1. The predicted molar refractivity (Wildman–Crippen MR) is 164 cm³/mol. The lowest BCUT2D eigenvalue weighted by Gasteiger charge is -2.34. The third-order valence-corrected chi connectivity index (χ3v) is 8.92. The molecule has 4 aromatic rings. The third kappa shape index (κ3) is 7.48. The van der Waals surface area contributed by atoms with E-state index in [1.165, 1.54) is 19.2 Å². The minimum Gasteiger partial charge on any atom is -0.496 e. The van der Waals surface area contributed by atoms with Crippen LogP contribution in [0.15, 0.2) is 54.6 Å². The number of benzene rings is 3. The Balaban J connectivity index is 1.52. The van der Waals surface area contributed by atoms with E-state index in [0.717, 1.165) is 24.3 Å². The summed E-state index contributed by atoms with van der Waals surface area (Å²) in [5.41, 5.74) is -2.77. The molecule has 1 unspecified atom stereocenters. The van der Waals surface area contributed by atoms with Crippen molar-refractivity contribution >= 4 is 56.3 Å². The standard InChI is InChI=1S/C32H26F7N3O5S/c1-47-24-9-6-19(42-10-2-3-16(15-42)11-26(43)44)14-21(24)29(45)41-27-20-7-4-17(31(34,35)36)12-25(20)48-28(27)30(46)40-18-5-8-23(33)22(13-18)32(37,38)39/h4-9,12-14,16H,2-3,10-11,15H2,1H3,(H,40,46)(H,41,45)(H,43,44). The van der Waals surface area contributed by atoms with Crippen LogP contribution >= 0.6 is 11.3 Å². The maximum Gasteiger partial charge on any atom is 0.419 e. The number of thiophene rings is 1. The molecule has 0 saturated carbocycles. The van der Waals surface area contributed by atoms with E-state index in [1.54, 1.807) is 6.07 Å². The van der Waals surface area contributed by atoms with Gasteiger partial charge in [-0.3, -0.25) is 14.4 Å². The number of hydrogen-bond acceptors (Lipinski definition) is 6. The maximum atomic E-state index is 13.8. The molecular formula is C32H26F7N3O5S. The molecule has 2 amide bonds. The minimum absolute atomic E-state index is 0.0127. The molecule has 1 fully saturated rings. The van der Waals surface area contributed by atoms with E-state index in [4.69, 9.17) is 4.74 Å². The third-order valence-electron chi connectivity index (χ3n) is 7.77. The minimum atomic E-state index is -5.07. The second-order valence-electron chi connectivity index (χ2n) is 11.1. The summed E-state index contributed by atoms with van der Waals surface area (Å²) in [6.07, 6.45) is -8.41. The number of carboxylic acids is 1. The van der Waals surface area contributed by atoms with Crippen molar-refractivity contribution in [2.75, 3.05) is 35.7 Å². The van der Waals surface area contributed by atoms with Gasteiger partial charge in [-0.1, -0.05) is 6.07 Å². The highest BCUT2D eigenvalue weighted by atomic mass is 32.1. The number of methoxy groups -OCH3 is 1. The Kier molecular flexibility index (Phi) is 9.58. The molecule has 16 heteroatoms. The summed E-state index contributed by atoms with van der Waals surface area (Å²) >= 11 is 0.562. The summed E-state index contributed by atoms with van der Waals surface area (Å²) in [4.78, 5) is 40.0. The summed E-state index contributed by atoms with van der Waals surface area (Å²) < 4.78 is 99.5. The number of carbonyl (C=O) groups is 3. The van der Waals surface area contributed by atoms with E-state index in [0.29, 0.717) is 55.1 Å². The number of nitrogens with zero attached hydrogens (tertiary/aromatic N) is 1. The highest BCUT2D eigenvalue weighted by Gasteiger charge is 2.35. The number of amides is 2. The van der Waals surface area contributed by atoms with Gasteiger partial charge < -0.3 is 25.4 Å². The van der Waals surface area contributed by atoms with Gasteiger partial charge in [-0.2, -0.15) is 26.3 Å². The molecule has 0 spiro atoms. The number of carbonyl (C=O) groups excluding carboxylic acids is 2. The number of hydrogen-bond donors (Lipinski definition) is 3. The van der Waals surface area contributed by atoms with Crippen molar-refractivity contribution in [2.45, 2.75) is 31.6 Å². The zero-order valence-electron chi connectivity index (χ0n) is 24.9. The zero-order valence-corrected chi connectivity index (χ0v) is 25.7. The first kappa shape index (κ1) is 34.5. The van der Waals surface area contributed by atoms with Crippen molar-refractivity contribution in [1.29, 1.82) is 0 Å². The number of ether oxygens (including phenoxy) is 1. The van der Waals surface area contributed by atoms with E-state index in [-0.39, 0.29) is 44.3 Å². The van der Waals surface area contributed by atoms with Crippen molar-refractivity contribution in [3.8, 4) is 5.75 Å². The van der Waals surface area contributed by atoms with Crippen LogP contribution in [0.2, 0.25) is 0 Å². The van der Waals surface area contributed by atoms with Crippen molar-refractivity contribution in [1.82, 2.24) is 0 Å². The van der Waals surface area contributed by atoms with Crippen molar-refractivity contribution in [3.63, 3.8) is 0 Å². The molecule has 0 aliphatic carbocycles. The number of alkyl halides is 6. The molecule has 0 radical (unpaired) electrons. The van der Waals surface area contributed by atoms with Gasteiger partial charge in [0.1, 0.15) is 16.4 Å². The van der Waals surface area contributed by atoms with E-state index in [1.807, 2.05) is 4.90 Å². The lowest BCUT2D eigenvalue weighted by molar-refractivity contribution is -0.140. The monoisotopic (exact) mass is 697 g/mol. The molecule has 48 heavy (non-hydrogen) atoms. The average molecular weight is 698 g/mol. The van der Waals surface area contributed by atoms with Crippen LogP contribution in [-0.4, -0.2) is 43.1 Å². The summed E-state index contributed by atoms with van der Waals surface area (Å²) in [6.45, 7) is 1.00. The quantitative estimate of drug-likeness (QED) is 0.160. The molecule has 8 nitrogen and oxygen atoms in total. The normalized spacial score (nSPS) is 15.3. The number of anilines is 3. The van der Waals surface area contributed by atoms with Crippen molar-refractivity contribution in [3.05, 3.63) is 82.0 Å². The smallest absolute Gasteiger partial charge is 0.419 e.